The van der Waals surface area contributed by atoms with Crippen LogP contribution in [0.2, 0.25) is 0 Å². The molecule has 3 heteroatoms. The molecule has 0 saturated heterocycles. The van der Waals surface area contributed by atoms with E-state index in [1.54, 1.807) is 0 Å². The van der Waals surface area contributed by atoms with Crippen LogP contribution in [0, 0.1) is 6.92 Å². The molecule has 0 unspecified atom stereocenters. The van der Waals surface area contributed by atoms with E-state index in [4.69, 9.17) is 5.21 Å². The summed E-state index contributed by atoms with van der Waals surface area (Å²) in [6.45, 7) is 2.00. The average molecular weight is 200 g/mol. The Morgan fingerprint density at radius 3 is 2.80 bits per heavy atom. The molecule has 0 saturated carbocycles. The normalized spacial score (nSPS) is 11.1. The lowest BCUT2D eigenvalue weighted by molar-refractivity contribution is 0.240. The number of aliphatic imine (C=N–C) groups is 1. The van der Waals surface area contributed by atoms with Gasteiger partial charge < -0.3 is 0 Å². The summed E-state index contributed by atoms with van der Waals surface area (Å²) in [4.78, 5) is 4.17. The van der Waals surface area contributed by atoms with Gasteiger partial charge in [0.1, 0.15) is 6.34 Å². The molecule has 2 N–H and O–H groups in total. The minimum atomic E-state index is 0.884. The SMILES string of the molecule is Cc1ccc2ccccc2c1N=CNO. The van der Waals surface area contributed by atoms with Gasteiger partial charge in [-0.05, 0) is 17.9 Å². The fourth-order valence-electron chi connectivity index (χ4n) is 1.63. The third-order valence-electron chi connectivity index (χ3n) is 2.35. The van der Waals surface area contributed by atoms with Crippen molar-refractivity contribution in [1.29, 1.82) is 0 Å². The fraction of sp³-hybridized carbons (Fsp3) is 0.0833. The van der Waals surface area contributed by atoms with Crippen LogP contribution >= 0.6 is 0 Å². The lowest BCUT2D eigenvalue weighted by Crippen LogP contribution is -2.01. The van der Waals surface area contributed by atoms with E-state index in [2.05, 4.69) is 11.1 Å². The molecule has 0 aliphatic carbocycles. The van der Waals surface area contributed by atoms with Crippen LogP contribution in [-0.4, -0.2) is 11.5 Å². The Labute approximate surface area is 88.0 Å². The number of aryl methyl sites for hydroxylation is 1. The van der Waals surface area contributed by atoms with Gasteiger partial charge in [-0.3, -0.25) is 10.7 Å². The van der Waals surface area contributed by atoms with Crippen LogP contribution in [0.3, 0.4) is 0 Å². The molecule has 0 amide bonds. The molecule has 3 nitrogen and oxygen atoms in total. The smallest absolute Gasteiger partial charge is 0.113 e. The maximum atomic E-state index is 8.49. The van der Waals surface area contributed by atoms with Gasteiger partial charge in [0.15, 0.2) is 0 Å². The Morgan fingerprint density at radius 2 is 2.00 bits per heavy atom. The number of nitrogens with zero attached hydrogens (tertiary/aromatic N) is 1. The number of nitrogens with one attached hydrogen (secondary N) is 1. The molecule has 0 aromatic heterocycles. The van der Waals surface area contributed by atoms with E-state index >= 15 is 0 Å². The summed E-state index contributed by atoms with van der Waals surface area (Å²) in [5.41, 5.74) is 3.88. The first kappa shape index (κ1) is 9.68. The summed E-state index contributed by atoms with van der Waals surface area (Å²) < 4.78 is 0. The average Bonchev–Trinajstić information content (AvgIpc) is 2.28. The predicted molar refractivity (Wildman–Crippen MR) is 61.8 cm³/mol. The van der Waals surface area contributed by atoms with Crippen molar-refractivity contribution in [3.05, 3.63) is 42.0 Å². The molecule has 0 fully saturated rings. The molecule has 2 aromatic rings. The van der Waals surface area contributed by atoms with Gasteiger partial charge in [0.25, 0.3) is 0 Å². The van der Waals surface area contributed by atoms with Crippen LogP contribution in [0.25, 0.3) is 10.8 Å². The molecular formula is C12H12N2O. The summed E-state index contributed by atoms with van der Waals surface area (Å²) in [5.74, 6) is 0. The Morgan fingerprint density at radius 1 is 1.20 bits per heavy atom. The highest BCUT2D eigenvalue weighted by Gasteiger charge is 2.01. The molecular weight excluding hydrogens is 188 g/mol. The molecule has 0 atom stereocenters. The molecule has 0 radical (unpaired) electrons. The topological polar surface area (TPSA) is 44.6 Å². The maximum absolute atomic E-state index is 8.49. The van der Waals surface area contributed by atoms with Crippen molar-refractivity contribution in [3.63, 3.8) is 0 Å². The number of hydroxylamine groups is 1. The first-order valence-corrected chi connectivity index (χ1v) is 4.73. The van der Waals surface area contributed by atoms with Gasteiger partial charge in [-0.1, -0.05) is 36.4 Å². The van der Waals surface area contributed by atoms with E-state index in [9.17, 15) is 0 Å². The van der Waals surface area contributed by atoms with Crippen LogP contribution < -0.4 is 5.48 Å². The van der Waals surface area contributed by atoms with Gasteiger partial charge in [-0.2, -0.15) is 0 Å². The van der Waals surface area contributed by atoms with Crippen molar-refractivity contribution in [1.82, 2.24) is 5.48 Å². The van der Waals surface area contributed by atoms with Gasteiger partial charge in [-0.25, -0.2) is 4.99 Å². The lowest BCUT2D eigenvalue weighted by Gasteiger charge is -2.04. The molecule has 2 aromatic carbocycles. The molecule has 0 aliphatic heterocycles. The van der Waals surface area contributed by atoms with Gasteiger partial charge in [-0.15, -0.1) is 0 Å². The van der Waals surface area contributed by atoms with Gasteiger partial charge >= 0.3 is 0 Å². The second-order valence-corrected chi connectivity index (χ2v) is 3.34. The van der Waals surface area contributed by atoms with Crippen LogP contribution in [0.4, 0.5) is 5.69 Å². The van der Waals surface area contributed by atoms with Gasteiger partial charge in [0.2, 0.25) is 0 Å². The number of fused-ring (bicyclic) bond motifs is 1. The van der Waals surface area contributed by atoms with Crippen molar-refractivity contribution >= 4 is 22.8 Å². The van der Waals surface area contributed by atoms with Crippen molar-refractivity contribution in [2.24, 2.45) is 4.99 Å². The highest BCUT2D eigenvalue weighted by atomic mass is 16.5. The second kappa shape index (κ2) is 4.11. The Kier molecular flexibility index (Phi) is 2.65. The first-order chi connectivity index (χ1) is 7.33. The molecule has 0 bridgehead atoms. The molecule has 76 valence electrons. The van der Waals surface area contributed by atoms with E-state index in [0.29, 0.717) is 0 Å². The van der Waals surface area contributed by atoms with Gasteiger partial charge in [0.05, 0.1) is 5.69 Å². The third-order valence-corrected chi connectivity index (χ3v) is 2.35. The summed E-state index contributed by atoms with van der Waals surface area (Å²) >= 11 is 0. The Hall–Kier alpha value is -1.87. The maximum Gasteiger partial charge on any atom is 0.113 e. The standard InChI is InChI=1S/C12H12N2O/c1-9-6-7-10-4-2-3-5-11(10)12(9)13-8-14-15/h2-8,15H,1H3,(H,13,14). The highest BCUT2D eigenvalue weighted by Crippen LogP contribution is 2.28. The molecule has 15 heavy (non-hydrogen) atoms. The van der Waals surface area contributed by atoms with E-state index in [1.807, 2.05) is 42.7 Å². The van der Waals surface area contributed by atoms with Gasteiger partial charge in [0, 0.05) is 5.39 Å². The number of hydrogen-bond acceptors (Lipinski definition) is 2. The van der Waals surface area contributed by atoms with Crippen molar-refractivity contribution in [2.75, 3.05) is 0 Å². The molecule has 0 aliphatic rings. The Bertz CT molecular complexity index is 506. The zero-order chi connectivity index (χ0) is 10.7. The van der Waals surface area contributed by atoms with Crippen LogP contribution in [0.5, 0.6) is 0 Å². The second-order valence-electron chi connectivity index (χ2n) is 3.34. The number of hydrogen-bond donors (Lipinski definition) is 2. The van der Waals surface area contributed by atoms with E-state index < -0.39 is 0 Å². The quantitative estimate of drug-likeness (QED) is 0.445. The largest absolute Gasteiger partial charge is 0.290 e. The highest BCUT2D eigenvalue weighted by molar-refractivity contribution is 5.95. The minimum Gasteiger partial charge on any atom is -0.290 e. The monoisotopic (exact) mass is 200 g/mol. The minimum absolute atomic E-state index is 0.884. The summed E-state index contributed by atoms with van der Waals surface area (Å²) in [7, 11) is 0. The van der Waals surface area contributed by atoms with Crippen molar-refractivity contribution < 1.29 is 5.21 Å². The van der Waals surface area contributed by atoms with Crippen molar-refractivity contribution in [3.8, 4) is 0 Å². The van der Waals surface area contributed by atoms with Crippen LogP contribution in [0.1, 0.15) is 5.56 Å². The predicted octanol–water partition coefficient (Wildman–Crippen LogP) is 2.79. The first-order valence-electron chi connectivity index (χ1n) is 4.73. The summed E-state index contributed by atoms with van der Waals surface area (Å²) in [5, 5.41) is 10.7. The zero-order valence-electron chi connectivity index (χ0n) is 8.44. The summed E-state index contributed by atoms with van der Waals surface area (Å²) in [6, 6.07) is 12.1. The fourth-order valence-corrected chi connectivity index (χ4v) is 1.63. The molecule has 2 rings (SSSR count). The molecule has 0 spiro atoms. The zero-order valence-corrected chi connectivity index (χ0v) is 8.44. The summed E-state index contributed by atoms with van der Waals surface area (Å²) in [6.07, 6.45) is 1.27. The van der Waals surface area contributed by atoms with Crippen LogP contribution in [-0.2, 0) is 0 Å². The van der Waals surface area contributed by atoms with E-state index in [0.717, 1.165) is 22.0 Å². The Balaban J connectivity index is 2.68. The van der Waals surface area contributed by atoms with E-state index in [-0.39, 0.29) is 0 Å². The molecule has 0 heterocycles. The lowest BCUT2D eigenvalue weighted by atomic mass is 10.1. The van der Waals surface area contributed by atoms with Crippen molar-refractivity contribution in [2.45, 2.75) is 6.92 Å². The number of rotatable bonds is 2. The van der Waals surface area contributed by atoms with Crippen LogP contribution in [0.15, 0.2) is 41.4 Å². The van der Waals surface area contributed by atoms with E-state index in [1.165, 1.54) is 6.34 Å². The third kappa shape index (κ3) is 1.82. The number of benzene rings is 2.